The van der Waals surface area contributed by atoms with Gasteiger partial charge in [0.1, 0.15) is 0 Å². The molecule has 1 atom stereocenters. The second-order valence-electron chi connectivity index (χ2n) is 3.18. The average molecular weight is 282 g/mol. The fourth-order valence-corrected chi connectivity index (χ4v) is 1.76. The summed E-state index contributed by atoms with van der Waals surface area (Å²) in [5, 5.41) is 2.31. The molecule has 0 aliphatic rings. The predicted molar refractivity (Wildman–Crippen MR) is 63.1 cm³/mol. The molecular weight excluding hydrogens is 271 g/mol. The molecule has 72 valence electrons. The van der Waals surface area contributed by atoms with Crippen molar-refractivity contribution in [3.8, 4) is 0 Å². The topological polar surface area (TPSA) is 0 Å². The Labute approximate surface area is 97.4 Å². The highest BCUT2D eigenvalue weighted by molar-refractivity contribution is 9.09. The molecule has 3 heteroatoms. The van der Waals surface area contributed by atoms with E-state index in [4.69, 9.17) is 23.2 Å². The Morgan fingerprint density at radius 2 is 2.08 bits per heavy atom. The molecule has 0 saturated carbocycles. The van der Waals surface area contributed by atoms with Gasteiger partial charge >= 0.3 is 0 Å². The summed E-state index contributed by atoms with van der Waals surface area (Å²) in [5.74, 6) is 0.580. The molecule has 0 N–H and O–H groups in total. The monoisotopic (exact) mass is 280 g/mol. The van der Waals surface area contributed by atoms with Crippen molar-refractivity contribution < 1.29 is 0 Å². The largest absolute Gasteiger partial charge is 0.0925 e. The Balaban J connectivity index is 2.83. The SMILES string of the molecule is CC(CBr)Cc1cccc(Cl)c1Cl. The molecule has 0 amide bonds. The highest BCUT2D eigenvalue weighted by atomic mass is 79.9. The summed E-state index contributed by atoms with van der Waals surface area (Å²) in [6.07, 6.45) is 0.963. The van der Waals surface area contributed by atoms with Crippen LogP contribution >= 0.6 is 39.1 Å². The van der Waals surface area contributed by atoms with Crippen LogP contribution in [0.25, 0.3) is 0 Å². The Hall–Kier alpha value is 0.280. The highest BCUT2D eigenvalue weighted by Crippen LogP contribution is 2.27. The maximum absolute atomic E-state index is 6.05. The van der Waals surface area contributed by atoms with Crippen molar-refractivity contribution in [3.63, 3.8) is 0 Å². The molecule has 0 aliphatic heterocycles. The summed E-state index contributed by atoms with van der Waals surface area (Å²) < 4.78 is 0. The van der Waals surface area contributed by atoms with Crippen molar-refractivity contribution in [1.29, 1.82) is 0 Å². The van der Waals surface area contributed by atoms with Gasteiger partial charge in [0.2, 0.25) is 0 Å². The van der Waals surface area contributed by atoms with Gasteiger partial charge in [0, 0.05) is 5.33 Å². The minimum Gasteiger partial charge on any atom is -0.0925 e. The van der Waals surface area contributed by atoms with E-state index < -0.39 is 0 Å². The lowest BCUT2D eigenvalue weighted by Gasteiger charge is -2.09. The van der Waals surface area contributed by atoms with Crippen molar-refractivity contribution in [2.45, 2.75) is 13.3 Å². The van der Waals surface area contributed by atoms with Gasteiger partial charge in [-0.15, -0.1) is 0 Å². The zero-order chi connectivity index (χ0) is 9.84. The first-order chi connectivity index (χ1) is 6.15. The molecule has 0 heterocycles. The second-order valence-corrected chi connectivity index (χ2v) is 4.61. The Bertz CT molecular complexity index is 286. The van der Waals surface area contributed by atoms with E-state index >= 15 is 0 Å². The summed E-state index contributed by atoms with van der Waals surface area (Å²) in [4.78, 5) is 0. The Morgan fingerprint density at radius 3 is 2.69 bits per heavy atom. The van der Waals surface area contributed by atoms with Crippen LogP contribution in [0.3, 0.4) is 0 Å². The van der Waals surface area contributed by atoms with Crippen molar-refractivity contribution in [2.75, 3.05) is 5.33 Å². The van der Waals surface area contributed by atoms with Crippen molar-refractivity contribution in [2.24, 2.45) is 5.92 Å². The minimum absolute atomic E-state index is 0.580. The lowest BCUT2D eigenvalue weighted by Crippen LogP contribution is -2.01. The molecular formula is C10H11BrCl2. The fraction of sp³-hybridized carbons (Fsp3) is 0.400. The molecule has 0 spiro atoms. The summed E-state index contributed by atoms with van der Waals surface area (Å²) >= 11 is 15.4. The minimum atomic E-state index is 0.580. The molecule has 0 saturated heterocycles. The van der Waals surface area contributed by atoms with Gasteiger partial charge in [-0.05, 0) is 24.0 Å². The molecule has 1 aromatic rings. The lowest BCUT2D eigenvalue weighted by molar-refractivity contribution is 0.663. The Morgan fingerprint density at radius 1 is 1.38 bits per heavy atom. The van der Waals surface area contributed by atoms with E-state index in [9.17, 15) is 0 Å². The molecule has 0 radical (unpaired) electrons. The van der Waals surface area contributed by atoms with Crippen molar-refractivity contribution in [1.82, 2.24) is 0 Å². The molecule has 0 aliphatic carbocycles. The maximum atomic E-state index is 6.05. The molecule has 13 heavy (non-hydrogen) atoms. The van der Waals surface area contributed by atoms with Crippen LogP contribution < -0.4 is 0 Å². The normalized spacial score (nSPS) is 12.9. The maximum Gasteiger partial charge on any atom is 0.0624 e. The zero-order valence-electron chi connectivity index (χ0n) is 7.36. The fourth-order valence-electron chi connectivity index (χ4n) is 1.14. The molecule has 0 aromatic heterocycles. The van der Waals surface area contributed by atoms with Crippen molar-refractivity contribution in [3.05, 3.63) is 33.8 Å². The number of benzene rings is 1. The van der Waals surface area contributed by atoms with Crippen LogP contribution in [0, 0.1) is 5.92 Å². The number of hydrogen-bond donors (Lipinski definition) is 0. The molecule has 1 rings (SSSR count). The van der Waals surface area contributed by atoms with Crippen LogP contribution in [-0.2, 0) is 6.42 Å². The molecule has 1 aromatic carbocycles. The first kappa shape index (κ1) is 11.4. The number of alkyl halides is 1. The van der Waals surface area contributed by atoms with Crippen LogP contribution in [0.15, 0.2) is 18.2 Å². The quantitative estimate of drug-likeness (QED) is 0.712. The van der Waals surface area contributed by atoms with Crippen LogP contribution in [0.5, 0.6) is 0 Å². The molecule has 0 bridgehead atoms. The van der Waals surface area contributed by atoms with Gasteiger partial charge in [-0.25, -0.2) is 0 Å². The second kappa shape index (κ2) is 5.23. The van der Waals surface area contributed by atoms with E-state index in [1.54, 1.807) is 0 Å². The smallest absolute Gasteiger partial charge is 0.0624 e. The van der Waals surface area contributed by atoms with Gasteiger partial charge in [0.15, 0.2) is 0 Å². The number of hydrogen-bond acceptors (Lipinski definition) is 0. The van der Waals surface area contributed by atoms with Crippen LogP contribution in [0.1, 0.15) is 12.5 Å². The van der Waals surface area contributed by atoms with E-state index in [-0.39, 0.29) is 0 Å². The van der Waals surface area contributed by atoms with E-state index in [0.29, 0.717) is 16.0 Å². The highest BCUT2D eigenvalue weighted by Gasteiger charge is 2.07. The van der Waals surface area contributed by atoms with Gasteiger partial charge < -0.3 is 0 Å². The summed E-state index contributed by atoms with van der Waals surface area (Å²) in [6.45, 7) is 2.17. The third-order valence-corrected chi connectivity index (χ3v) is 3.83. The van der Waals surface area contributed by atoms with Crippen LogP contribution in [0.2, 0.25) is 10.0 Å². The number of halogens is 3. The Kier molecular flexibility index (Phi) is 4.57. The zero-order valence-corrected chi connectivity index (χ0v) is 10.5. The molecule has 1 unspecified atom stereocenters. The third-order valence-electron chi connectivity index (χ3n) is 1.86. The molecule has 0 nitrogen and oxygen atoms in total. The standard InChI is InChI=1S/C10H11BrCl2/c1-7(6-11)5-8-3-2-4-9(12)10(8)13/h2-4,7H,5-6H2,1H3. The van der Waals surface area contributed by atoms with Gasteiger partial charge in [-0.3, -0.25) is 0 Å². The molecule has 0 fully saturated rings. The van der Waals surface area contributed by atoms with Crippen LogP contribution in [0.4, 0.5) is 0 Å². The van der Waals surface area contributed by atoms with Gasteiger partial charge in [-0.2, -0.15) is 0 Å². The summed E-state index contributed by atoms with van der Waals surface area (Å²) in [7, 11) is 0. The average Bonchev–Trinajstić information content (AvgIpc) is 2.13. The van der Waals surface area contributed by atoms with E-state index in [1.807, 2.05) is 18.2 Å². The third kappa shape index (κ3) is 3.16. The summed E-state index contributed by atoms with van der Waals surface area (Å²) in [6, 6.07) is 5.77. The van der Waals surface area contributed by atoms with Crippen molar-refractivity contribution >= 4 is 39.1 Å². The van der Waals surface area contributed by atoms with E-state index in [1.165, 1.54) is 0 Å². The number of rotatable bonds is 3. The first-order valence-corrected chi connectivity index (χ1v) is 6.01. The first-order valence-electron chi connectivity index (χ1n) is 4.14. The van der Waals surface area contributed by atoms with Crippen LogP contribution in [-0.4, -0.2) is 5.33 Å². The van der Waals surface area contributed by atoms with E-state index in [0.717, 1.165) is 17.3 Å². The van der Waals surface area contributed by atoms with Gasteiger partial charge in [0.05, 0.1) is 10.0 Å². The van der Waals surface area contributed by atoms with Gasteiger partial charge in [0.25, 0.3) is 0 Å². The van der Waals surface area contributed by atoms with Gasteiger partial charge in [-0.1, -0.05) is 58.2 Å². The predicted octanol–water partition coefficient (Wildman–Crippen LogP) is 4.57. The van der Waals surface area contributed by atoms with E-state index in [2.05, 4.69) is 22.9 Å². The summed E-state index contributed by atoms with van der Waals surface area (Å²) in [5.41, 5.74) is 1.13. The lowest BCUT2D eigenvalue weighted by atomic mass is 10.0.